The van der Waals surface area contributed by atoms with Gasteiger partial charge < -0.3 is 19.7 Å². The highest BCUT2D eigenvalue weighted by Crippen LogP contribution is 2.26. The normalized spacial score (nSPS) is 14.8. The molecule has 0 saturated carbocycles. The molecular formula is C19H29N3O4. The van der Waals surface area contributed by atoms with E-state index in [0.717, 1.165) is 19.4 Å². The number of piperazine rings is 1. The van der Waals surface area contributed by atoms with Crippen molar-refractivity contribution in [2.24, 2.45) is 0 Å². The Hall–Kier alpha value is -2.28. The number of hydrogen-bond donors (Lipinski definition) is 1. The Labute approximate surface area is 155 Å². The highest BCUT2D eigenvalue weighted by Gasteiger charge is 2.25. The molecule has 1 heterocycles. The summed E-state index contributed by atoms with van der Waals surface area (Å²) in [6.45, 7) is 5.77. The maximum atomic E-state index is 12.8. The van der Waals surface area contributed by atoms with E-state index < -0.39 is 0 Å². The van der Waals surface area contributed by atoms with E-state index in [2.05, 4.69) is 17.1 Å². The number of nitrogens with one attached hydrogen (secondary N) is 1. The molecule has 0 aromatic heterocycles. The van der Waals surface area contributed by atoms with Crippen molar-refractivity contribution in [2.75, 3.05) is 53.5 Å². The van der Waals surface area contributed by atoms with Crippen LogP contribution in [-0.4, -0.2) is 75.1 Å². The Morgan fingerprint density at radius 1 is 1.12 bits per heavy atom. The van der Waals surface area contributed by atoms with Crippen LogP contribution in [0.3, 0.4) is 0 Å². The first-order valence-electron chi connectivity index (χ1n) is 9.09. The quantitative estimate of drug-likeness (QED) is 0.707. The molecule has 1 aromatic rings. The highest BCUT2D eigenvalue weighted by atomic mass is 16.5. The SMILES string of the molecule is CCCCNC(=O)CN1CCN(C(=O)c2ccc(OC)cc2OC)CC1. The number of carbonyl (C=O) groups excluding carboxylic acids is 2. The maximum absolute atomic E-state index is 12.8. The Morgan fingerprint density at radius 2 is 1.85 bits per heavy atom. The monoisotopic (exact) mass is 363 g/mol. The molecule has 7 nitrogen and oxygen atoms in total. The largest absolute Gasteiger partial charge is 0.497 e. The summed E-state index contributed by atoms with van der Waals surface area (Å²) in [5, 5.41) is 2.93. The Morgan fingerprint density at radius 3 is 2.46 bits per heavy atom. The van der Waals surface area contributed by atoms with E-state index >= 15 is 0 Å². The third-order valence-electron chi connectivity index (χ3n) is 4.52. The van der Waals surface area contributed by atoms with Crippen molar-refractivity contribution < 1.29 is 19.1 Å². The van der Waals surface area contributed by atoms with E-state index in [1.54, 1.807) is 37.3 Å². The zero-order valence-electron chi connectivity index (χ0n) is 15.9. The van der Waals surface area contributed by atoms with Gasteiger partial charge in [0.05, 0.1) is 26.3 Å². The molecule has 144 valence electrons. The summed E-state index contributed by atoms with van der Waals surface area (Å²) in [5.41, 5.74) is 0.527. The van der Waals surface area contributed by atoms with Gasteiger partial charge in [0.15, 0.2) is 0 Å². The molecule has 2 rings (SSSR count). The smallest absolute Gasteiger partial charge is 0.257 e. The average molecular weight is 363 g/mol. The molecule has 1 aromatic carbocycles. The van der Waals surface area contributed by atoms with Crippen LogP contribution in [0.2, 0.25) is 0 Å². The van der Waals surface area contributed by atoms with Crippen molar-refractivity contribution in [1.82, 2.24) is 15.1 Å². The summed E-state index contributed by atoms with van der Waals surface area (Å²) in [6.07, 6.45) is 2.06. The van der Waals surface area contributed by atoms with Crippen LogP contribution in [0.4, 0.5) is 0 Å². The van der Waals surface area contributed by atoms with Gasteiger partial charge >= 0.3 is 0 Å². The number of hydrogen-bond acceptors (Lipinski definition) is 5. The van der Waals surface area contributed by atoms with Crippen molar-refractivity contribution in [3.8, 4) is 11.5 Å². The van der Waals surface area contributed by atoms with Crippen molar-refractivity contribution in [2.45, 2.75) is 19.8 Å². The molecule has 0 bridgehead atoms. The van der Waals surface area contributed by atoms with Gasteiger partial charge in [0, 0.05) is 38.8 Å². The lowest BCUT2D eigenvalue weighted by Gasteiger charge is -2.34. The zero-order valence-corrected chi connectivity index (χ0v) is 15.9. The fourth-order valence-corrected chi connectivity index (χ4v) is 2.92. The molecule has 26 heavy (non-hydrogen) atoms. The summed E-state index contributed by atoms with van der Waals surface area (Å²) < 4.78 is 10.5. The average Bonchev–Trinajstić information content (AvgIpc) is 2.67. The minimum Gasteiger partial charge on any atom is -0.497 e. The number of carbonyl (C=O) groups is 2. The molecule has 7 heteroatoms. The number of methoxy groups -OCH3 is 2. The number of benzene rings is 1. The van der Waals surface area contributed by atoms with E-state index in [1.165, 1.54) is 0 Å². The van der Waals surface area contributed by atoms with Crippen LogP contribution in [-0.2, 0) is 4.79 Å². The molecule has 1 N–H and O–H groups in total. The van der Waals surface area contributed by atoms with Crippen molar-refractivity contribution in [3.63, 3.8) is 0 Å². The van der Waals surface area contributed by atoms with E-state index in [0.29, 0.717) is 49.8 Å². The molecule has 1 aliphatic rings. The maximum Gasteiger partial charge on any atom is 0.257 e. The van der Waals surface area contributed by atoms with Crippen molar-refractivity contribution >= 4 is 11.8 Å². The predicted octanol–water partition coefficient (Wildman–Crippen LogP) is 1.38. The second-order valence-electron chi connectivity index (χ2n) is 6.34. The van der Waals surface area contributed by atoms with Crippen LogP contribution >= 0.6 is 0 Å². The molecule has 1 aliphatic heterocycles. The summed E-state index contributed by atoms with van der Waals surface area (Å²) in [4.78, 5) is 28.6. The molecule has 0 aliphatic carbocycles. The number of nitrogens with zero attached hydrogens (tertiary/aromatic N) is 2. The number of amides is 2. The lowest BCUT2D eigenvalue weighted by atomic mass is 10.1. The van der Waals surface area contributed by atoms with Crippen molar-refractivity contribution in [3.05, 3.63) is 23.8 Å². The predicted molar refractivity (Wildman–Crippen MR) is 99.8 cm³/mol. The van der Waals surface area contributed by atoms with Gasteiger partial charge in [-0.25, -0.2) is 0 Å². The Bertz CT molecular complexity index is 613. The van der Waals surface area contributed by atoms with Gasteiger partial charge in [-0.1, -0.05) is 13.3 Å². The third kappa shape index (κ3) is 5.36. The second-order valence-corrected chi connectivity index (χ2v) is 6.34. The minimum atomic E-state index is -0.0587. The van der Waals surface area contributed by atoms with Gasteiger partial charge in [-0.2, -0.15) is 0 Å². The van der Waals surface area contributed by atoms with E-state index in [4.69, 9.17) is 9.47 Å². The molecule has 0 unspecified atom stereocenters. The lowest BCUT2D eigenvalue weighted by Crippen LogP contribution is -2.51. The van der Waals surface area contributed by atoms with Crippen LogP contribution in [0.15, 0.2) is 18.2 Å². The van der Waals surface area contributed by atoms with Crippen LogP contribution in [0.1, 0.15) is 30.1 Å². The molecular weight excluding hydrogens is 334 g/mol. The fourth-order valence-electron chi connectivity index (χ4n) is 2.92. The number of unbranched alkanes of at least 4 members (excludes halogenated alkanes) is 1. The van der Waals surface area contributed by atoms with Crippen LogP contribution in [0, 0.1) is 0 Å². The fraction of sp³-hybridized carbons (Fsp3) is 0.579. The molecule has 1 fully saturated rings. The van der Waals surface area contributed by atoms with Gasteiger partial charge in [0.1, 0.15) is 11.5 Å². The van der Waals surface area contributed by atoms with Crippen LogP contribution < -0.4 is 14.8 Å². The number of rotatable bonds is 8. The molecule has 0 atom stereocenters. The molecule has 2 amide bonds. The van der Waals surface area contributed by atoms with E-state index in [9.17, 15) is 9.59 Å². The van der Waals surface area contributed by atoms with Gasteiger partial charge in [-0.3, -0.25) is 14.5 Å². The molecule has 0 spiro atoms. The second kappa shape index (κ2) is 10.0. The summed E-state index contributed by atoms with van der Waals surface area (Å²) in [7, 11) is 3.12. The first-order chi connectivity index (χ1) is 12.6. The zero-order chi connectivity index (χ0) is 18.9. The van der Waals surface area contributed by atoms with Crippen molar-refractivity contribution in [1.29, 1.82) is 0 Å². The van der Waals surface area contributed by atoms with Gasteiger partial charge in [0.25, 0.3) is 5.91 Å². The van der Waals surface area contributed by atoms with Gasteiger partial charge in [-0.05, 0) is 18.6 Å². The first kappa shape index (κ1) is 20.0. The Balaban J connectivity index is 1.87. The molecule has 1 saturated heterocycles. The van der Waals surface area contributed by atoms with Crippen LogP contribution in [0.25, 0.3) is 0 Å². The molecule has 0 radical (unpaired) electrons. The van der Waals surface area contributed by atoms with Crippen LogP contribution in [0.5, 0.6) is 11.5 Å². The highest BCUT2D eigenvalue weighted by molar-refractivity contribution is 5.97. The number of ether oxygens (including phenoxy) is 2. The standard InChI is InChI=1S/C19H29N3O4/c1-4-5-8-20-18(23)14-21-9-11-22(12-10-21)19(24)16-7-6-15(25-2)13-17(16)26-3/h6-7,13H,4-5,8-12,14H2,1-3H3,(H,20,23). The third-order valence-corrected chi connectivity index (χ3v) is 4.52. The summed E-state index contributed by atoms with van der Waals surface area (Å²) in [5.74, 6) is 1.15. The van der Waals surface area contributed by atoms with Gasteiger partial charge in [0.2, 0.25) is 5.91 Å². The van der Waals surface area contributed by atoms with E-state index in [-0.39, 0.29) is 11.8 Å². The Kier molecular flexibility index (Phi) is 7.72. The van der Waals surface area contributed by atoms with E-state index in [1.807, 2.05) is 0 Å². The van der Waals surface area contributed by atoms with Gasteiger partial charge in [-0.15, -0.1) is 0 Å². The minimum absolute atomic E-state index is 0.0510. The summed E-state index contributed by atoms with van der Waals surface area (Å²) >= 11 is 0. The lowest BCUT2D eigenvalue weighted by molar-refractivity contribution is -0.122. The summed E-state index contributed by atoms with van der Waals surface area (Å²) in [6, 6.07) is 5.20. The topological polar surface area (TPSA) is 71.1 Å². The first-order valence-corrected chi connectivity index (χ1v) is 9.09.